The molecule has 21 heavy (non-hydrogen) atoms. The van der Waals surface area contributed by atoms with Crippen LogP contribution in [0.5, 0.6) is 0 Å². The monoisotopic (exact) mass is 302 g/mol. The summed E-state index contributed by atoms with van der Waals surface area (Å²) in [5, 5.41) is 3.42. The first-order valence-corrected chi connectivity index (χ1v) is 8.93. The average molecular weight is 302 g/mol. The molecule has 2 aromatic rings. The van der Waals surface area contributed by atoms with Gasteiger partial charge < -0.3 is 5.32 Å². The van der Waals surface area contributed by atoms with Crippen molar-refractivity contribution in [2.45, 2.75) is 30.2 Å². The topological polar surface area (TPSA) is 59.1 Å². The van der Waals surface area contributed by atoms with Crippen LogP contribution in [-0.4, -0.2) is 19.7 Å². The van der Waals surface area contributed by atoms with E-state index in [-0.39, 0.29) is 6.04 Å². The molecule has 0 amide bonds. The zero-order valence-corrected chi connectivity index (χ0v) is 12.7. The fourth-order valence-electron chi connectivity index (χ4n) is 2.77. The van der Waals surface area contributed by atoms with Crippen LogP contribution in [0.4, 0.5) is 5.69 Å². The normalized spacial score (nSPS) is 18.0. The molecule has 0 saturated heterocycles. The zero-order valence-electron chi connectivity index (χ0n) is 11.9. The van der Waals surface area contributed by atoms with Gasteiger partial charge in [-0.05, 0) is 49.1 Å². The number of rotatable bonds is 3. The van der Waals surface area contributed by atoms with Crippen molar-refractivity contribution in [3.05, 3.63) is 53.9 Å². The summed E-state index contributed by atoms with van der Waals surface area (Å²) >= 11 is 0. The average Bonchev–Trinajstić information content (AvgIpc) is 2.47. The van der Waals surface area contributed by atoms with Gasteiger partial charge in [-0.1, -0.05) is 12.1 Å². The summed E-state index contributed by atoms with van der Waals surface area (Å²) in [5.41, 5.74) is 3.18. The van der Waals surface area contributed by atoms with Crippen molar-refractivity contribution in [3.8, 4) is 0 Å². The van der Waals surface area contributed by atoms with E-state index in [4.69, 9.17) is 0 Å². The Balaban J connectivity index is 1.89. The SMILES string of the molecule is CS(=O)(=O)c1cccc(NC2CCCc3cccnc32)c1. The van der Waals surface area contributed by atoms with E-state index in [0.29, 0.717) is 4.90 Å². The third kappa shape index (κ3) is 3.08. The molecule has 0 spiro atoms. The first-order valence-electron chi connectivity index (χ1n) is 7.04. The summed E-state index contributed by atoms with van der Waals surface area (Å²) < 4.78 is 23.3. The number of pyridine rings is 1. The summed E-state index contributed by atoms with van der Waals surface area (Å²) in [6.45, 7) is 0. The summed E-state index contributed by atoms with van der Waals surface area (Å²) in [6.07, 6.45) is 6.22. The van der Waals surface area contributed by atoms with Gasteiger partial charge in [-0.15, -0.1) is 0 Å². The number of fused-ring (bicyclic) bond motifs is 1. The van der Waals surface area contributed by atoms with Crippen LogP contribution in [0.15, 0.2) is 47.5 Å². The van der Waals surface area contributed by atoms with Gasteiger partial charge in [0.1, 0.15) is 0 Å². The molecule has 1 aliphatic rings. The molecule has 1 atom stereocenters. The van der Waals surface area contributed by atoms with Crippen LogP contribution >= 0.6 is 0 Å². The Hall–Kier alpha value is -1.88. The second-order valence-corrected chi connectivity index (χ2v) is 7.45. The smallest absolute Gasteiger partial charge is 0.175 e. The summed E-state index contributed by atoms with van der Waals surface area (Å²) in [4.78, 5) is 4.82. The summed E-state index contributed by atoms with van der Waals surface area (Å²) in [7, 11) is -3.18. The predicted molar refractivity (Wildman–Crippen MR) is 83.1 cm³/mol. The van der Waals surface area contributed by atoms with E-state index < -0.39 is 9.84 Å². The van der Waals surface area contributed by atoms with Gasteiger partial charge in [-0.2, -0.15) is 0 Å². The fourth-order valence-corrected chi connectivity index (χ4v) is 3.43. The van der Waals surface area contributed by atoms with Crippen LogP contribution in [0.2, 0.25) is 0 Å². The molecule has 1 aromatic carbocycles. The first-order chi connectivity index (χ1) is 10.0. The second kappa shape index (κ2) is 5.48. The van der Waals surface area contributed by atoms with Gasteiger partial charge in [-0.3, -0.25) is 4.98 Å². The van der Waals surface area contributed by atoms with E-state index in [9.17, 15) is 8.42 Å². The predicted octanol–water partition coefficient (Wildman–Crippen LogP) is 2.97. The molecular weight excluding hydrogens is 284 g/mol. The minimum atomic E-state index is -3.18. The van der Waals surface area contributed by atoms with Crippen LogP contribution < -0.4 is 5.32 Å². The molecule has 0 radical (unpaired) electrons. The maximum Gasteiger partial charge on any atom is 0.175 e. The number of aromatic nitrogens is 1. The molecule has 0 saturated carbocycles. The van der Waals surface area contributed by atoms with Crippen molar-refractivity contribution in [3.63, 3.8) is 0 Å². The lowest BCUT2D eigenvalue weighted by Gasteiger charge is -2.26. The minimum absolute atomic E-state index is 0.143. The van der Waals surface area contributed by atoms with Crippen LogP contribution in [0, 0.1) is 0 Å². The second-order valence-electron chi connectivity index (χ2n) is 5.44. The first kappa shape index (κ1) is 14.1. The van der Waals surface area contributed by atoms with Crippen LogP contribution in [0.25, 0.3) is 0 Å². The van der Waals surface area contributed by atoms with Gasteiger partial charge in [0.15, 0.2) is 9.84 Å². The van der Waals surface area contributed by atoms with Gasteiger partial charge in [0, 0.05) is 18.1 Å². The van der Waals surface area contributed by atoms with Crippen molar-refractivity contribution in [1.29, 1.82) is 0 Å². The molecule has 0 aliphatic heterocycles. The number of hydrogen-bond donors (Lipinski definition) is 1. The van der Waals surface area contributed by atoms with E-state index in [1.165, 1.54) is 11.8 Å². The molecule has 1 aliphatic carbocycles. The van der Waals surface area contributed by atoms with Gasteiger partial charge in [-0.25, -0.2) is 8.42 Å². The minimum Gasteiger partial charge on any atom is -0.377 e. The molecular formula is C16H18N2O2S. The Labute approximate surface area is 125 Å². The van der Waals surface area contributed by atoms with Gasteiger partial charge >= 0.3 is 0 Å². The highest BCUT2D eigenvalue weighted by Gasteiger charge is 2.21. The lowest BCUT2D eigenvalue weighted by atomic mass is 9.92. The third-order valence-corrected chi connectivity index (χ3v) is 4.91. The Morgan fingerprint density at radius 3 is 2.90 bits per heavy atom. The maximum absolute atomic E-state index is 11.6. The van der Waals surface area contributed by atoms with E-state index in [1.54, 1.807) is 18.2 Å². The Morgan fingerprint density at radius 1 is 1.24 bits per heavy atom. The lowest BCUT2D eigenvalue weighted by Crippen LogP contribution is -2.19. The van der Waals surface area contributed by atoms with Gasteiger partial charge in [0.2, 0.25) is 0 Å². The highest BCUT2D eigenvalue weighted by molar-refractivity contribution is 7.90. The van der Waals surface area contributed by atoms with Crippen LogP contribution in [-0.2, 0) is 16.3 Å². The number of sulfone groups is 1. The summed E-state index contributed by atoms with van der Waals surface area (Å²) in [5.74, 6) is 0. The van der Waals surface area contributed by atoms with Crippen molar-refractivity contribution >= 4 is 15.5 Å². The van der Waals surface area contributed by atoms with Gasteiger partial charge in [0.25, 0.3) is 0 Å². The van der Waals surface area contributed by atoms with Crippen LogP contribution in [0.1, 0.15) is 30.1 Å². The molecule has 110 valence electrons. The van der Waals surface area contributed by atoms with Crippen LogP contribution in [0.3, 0.4) is 0 Å². The molecule has 1 unspecified atom stereocenters. The number of benzene rings is 1. The highest BCUT2D eigenvalue weighted by atomic mass is 32.2. The Morgan fingerprint density at radius 2 is 2.10 bits per heavy atom. The van der Waals surface area contributed by atoms with Crippen molar-refractivity contribution in [2.24, 2.45) is 0 Å². The Kier molecular flexibility index (Phi) is 3.68. The molecule has 5 heteroatoms. The third-order valence-electron chi connectivity index (χ3n) is 3.80. The van der Waals surface area contributed by atoms with Crippen molar-refractivity contribution in [1.82, 2.24) is 4.98 Å². The number of hydrogen-bond acceptors (Lipinski definition) is 4. The number of aryl methyl sites for hydroxylation is 1. The molecule has 1 aromatic heterocycles. The largest absolute Gasteiger partial charge is 0.377 e. The van der Waals surface area contributed by atoms with Crippen molar-refractivity contribution in [2.75, 3.05) is 11.6 Å². The highest BCUT2D eigenvalue weighted by Crippen LogP contribution is 2.31. The van der Waals surface area contributed by atoms with E-state index in [2.05, 4.69) is 16.4 Å². The maximum atomic E-state index is 11.6. The Bertz CT molecular complexity index is 756. The fraction of sp³-hybridized carbons (Fsp3) is 0.312. The molecule has 1 N–H and O–H groups in total. The standard InChI is InChI=1S/C16H18N2O2S/c1-21(19,20)14-8-3-7-13(11-14)18-15-9-2-5-12-6-4-10-17-16(12)15/h3-4,6-8,10-11,15,18H,2,5,9H2,1H3. The van der Waals surface area contributed by atoms with Gasteiger partial charge in [0.05, 0.1) is 16.6 Å². The van der Waals surface area contributed by atoms with E-state index >= 15 is 0 Å². The molecule has 1 heterocycles. The number of nitrogens with zero attached hydrogens (tertiary/aromatic N) is 1. The summed E-state index contributed by atoms with van der Waals surface area (Å²) in [6, 6.07) is 11.2. The van der Waals surface area contributed by atoms with E-state index in [1.807, 2.05) is 18.3 Å². The number of nitrogens with one attached hydrogen (secondary N) is 1. The van der Waals surface area contributed by atoms with Crippen molar-refractivity contribution < 1.29 is 8.42 Å². The molecule has 0 fully saturated rings. The molecule has 4 nitrogen and oxygen atoms in total. The van der Waals surface area contributed by atoms with E-state index in [0.717, 1.165) is 30.6 Å². The number of anilines is 1. The molecule has 3 rings (SSSR count). The molecule has 0 bridgehead atoms. The lowest BCUT2D eigenvalue weighted by molar-refractivity contribution is 0.583. The quantitative estimate of drug-likeness (QED) is 0.947. The zero-order chi connectivity index (χ0) is 14.9.